The van der Waals surface area contributed by atoms with Crippen LogP contribution in [-0.2, 0) is 16.5 Å². The van der Waals surface area contributed by atoms with Crippen molar-refractivity contribution < 1.29 is 21.6 Å². The third-order valence-corrected chi connectivity index (χ3v) is 1.29. The van der Waals surface area contributed by atoms with Crippen molar-refractivity contribution in [2.75, 3.05) is 20.2 Å². The summed E-state index contributed by atoms with van der Waals surface area (Å²) in [5.41, 5.74) is 0. The second-order valence-corrected chi connectivity index (χ2v) is 2.21. The van der Waals surface area contributed by atoms with E-state index in [0.717, 1.165) is 13.0 Å². The van der Waals surface area contributed by atoms with Gasteiger partial charge in [-0.3, -0.25) is 0 Å². The third-order valence-electron chi connectivity index (χ3n) is 1.29. The van der Waals surface area contributed by atoms with Gasteiger partial charge in [-0.25, -0.2) is 6.04 Å². The molecular formula is C7H15NNiO. The zero-order valence-electron chi connectivity index (χ0n) is 6.32. The van der Waals surface area contributed by atoms with Crippen LogP contribution in [0.25, 0.3) is 0 Å². The number of hydrogen-bond acceptors (Lipinski definition) is 2. The van der Waals surface area contributed by atoms with E-state index in [1.165, 1.54) is 0 Å². The maximum absolute atomic E-state index is 8.43. The van der Waals surface area contributed by atoms with Crippen molar-refractivity contribution in [3.63, 3.8) is 0 Å². The monoisotopic (exact) mass is 187 g/mol. The molecule has 2 nitrogen and oxygen atoms in total. The molecule has 0 amide bonds. The molecule has 0 aromatic heterocycles. The zero-order valence-corrected chi connectivity index (χ0v) is 7.31. The van der Waals surface area contributed by atoms with E-state index in [4.69, 9.17) is 5.11 Å². The van der Waals surface area contributed by atoms with Crippen LogP contribution in [0.4, 0.5) is 0 Å². The first-order valence-corrected chi connectivity index (χ1v) is 3.15. The Labute approximate surface area is 73.5 Å². The molecule has 0 aliphatic heterocycles. The maximum Gasteiger partial charge on any atom is 2.00 e. The average Bonchev–Trinajstić information content (AvgIpc) is 1.82. The first kappa shape index (κ1) is 13.0. The summed E-state index contributed by atoms with van der Waals surface area (Å²) in [6.07, 6.45) is 0.804. The largest absolute Gasteiger partial charge is 2.00 e. The molecule has 10 heavy (non-hydrogen) atoms. The van der Waals surface area contributed by atoms with E-state index in [1.54, 1.807) is 0 Å². The Morgan fingerprint density at radius 1 is 1.50 bits per heavy atom. The van der Waals surface area contributed by atoms with Crippen LogP contribution in [0, 0.1) is 13.8 Å². The normalized spacial score (nSPS) is 10.2. The zero-order chi connectivity index (χ0) is 7.28. The molecule has 0 aliphatic rings. The van der Waals surface area contributed by atoms with E-state index in [9.17, 15) is 0 Å². The van der Waals surface area contributed by atoms with E-state index < -0.39 is 0 Å². The van der Waals surface area contributed by atoms with Gasteiger partial charge in [0.25, 0.3) is 0 Å². The van der Waals surface area contributed by atoms with Gasteiger partial charge in [-0.05, 0) is 20.0 Å². The number of aliphatic hydroxyl groups is 1. The van der Waals surface area contributed by atoms with Crippen molar-refractivity contribution in [3.05, 3.63) is 13.8 Å². The summed E-state index contributed by atoms with van der Waals surface area (Å²) >= 11 is 0. The van der Waals surface area contributed by atoms with E-state index >= 15 is 0 Å². The predicted molar refractivity (Wildman–Crippen MR) is 38.8 cm³/mol. The standard InChI is InChI=1S/C7H15NO.Ni/c1-7(2)8(3)5-4-6-9;/h7,9H,1-2,4-6H2,3H3;/q-2;+2. The topological polar surface area (TPSA) is 23.5 Å². The van der Waals surface area contributed by atoms with Gasteiger partial charge in [-0.15, -0.1) is 0 Å². The molecule has 0 rings (SSSR count). The minimum atomic E-state index is 0. The van der Waals surface area contributed by atoms with Crippen LogP contribution in [-0.4, -0.2) is 36.2 Å². The summed E-state index contributed by atoms with van der Waals surface area (Å²) in [5, 5.41) is 8.43. The summed E-state index contributed by atoms with van der Waals surface area (Å²) in [6.45, 7) is 8.57. The van der Waals surface area contributed by atoms with E-state index in [2.05, 4.69) is 13.8 Å². The molecule has 1 N–H and O–H groups in total. The third kappa shape index (κ3) is 6.53. The van der Waals surface area contributed by atoms with Crippen LogP contribution in [0.1, 0.15) is 6.42 Å². The van der Waals surface area contributed by atoms with Crippen molar-refractivity contribution >= 4 is 0 Å². The van der Waals surface area contributed by atoms with Crippen molar-refractivity contribution in [2.45, 2.75) is 12.5 Å². The number of aliphatic hydroxyl groups excluding tert-OH is 1. The molecule has 0 heterocycles. The van der Waals surface area contributed by atoms with Crippen molar-refractivity contribution in [3.8, 4) is 0 Å². The Bertz CT molecular complexity index is 68.6. The molecule has 0 saturated heterocycles. The Hall–Kier alpha value is 0.414. The fourth-order valence-electron chi connectivity index (χ4n) is 0.503. The number of hydrogen-bond donors (Lipinski definition) is 1. The molecule has 0 bridgehead atoms. The maximum atomic E-state index is 8.43. The molecule has 0 saturated carbocycles. The van der Waals surface area contributed by atoms with Gasteiger partial charge in [0.05, 0.1) is 0 Å². The summed E-state index contributed by atoms with van der Waals surface area (Å²) in [6, 6.07) is 0.0940. The molecule has 3 heteroatoms. The summed E-state index contributed by atoms with van der Waals surface area (Å²) in [5.74, 6) is 0. The van der Waals surface area contributed by atoms with E-state index in [-0.39, 0.29) is 29.1 Å². The molecule has 0 spiro atoms. The SMILES string of the molecule is [CH2-]C([CH2-])N(C)CCCO.[Ni+2]. The first-order valence-electron chi connectivity index (χ1n) is 3.15. The molecule has 0 aliphatic carbocycles. The van der Waals surface area contributed by atoms with Crippen LogP contribution in [0.2, 0.25) is 0 Å². The van der Waals surface area contributed by atoms with Crippen LogP contribution in [0.15, 0.2) is 0 Å². The summed E-state index contributed by atoms with van der Waals surface area (Å²) in [7, 11) is 1.94. The van der Waals surface area contributed by atoms with Gasteiger partial charge in [0, 0.05) is 6.61 Å². The average molecular weight is 188 g/mol. The molecule has 0 fully saturated rings. The van der Waals surface area contributed by atoms with E-state index in [0.29, 0.717) is 0 Å². The second-order valence-electron chi connectivity index (χ2n) is 2.21. The molecule has 0 atom stereocenters. The quantitative estimate of drug-likeness (QED) is 0.507. The Morgan fingerprint density at radius 2 is 2.00 bits per heavy atom. The van der Waals surface area contributed by atoms with Crippen LogP contribution < -0.4 is 0 Å². The second kappa shape index (κ2) is 7.52. The van der Waals surface area contributed by atoms with Gasteiger partial charge in [0.2, 0.25) is 0 Å². The molecular weight excluding hydrogens is 173 g/mol. The van der Waals surface area contributed by atoms with Gasteiger partial charge >= 0.3 is 16.5 Å². The Kier molecular flexibility index (Phi) is 9.80. The minimum Gasteiger partial charge on any atom is -0.396 e. The number of nitrogens with zero attached hydrogens (tertiary/aromatic N) is 1. The van der Waals surface area contributed by atoms with E-state index in [1.807, 2.05) is 11.9 Å². The van der Waals surface area contributed by atoms with Gasteiger partial charge in [0.15, 0.2) is 0 Å². The fourth-order valence-corrected chi connectivity index (χ4v) is 0.503. The Balaban J connectivity index is 0. The smallest absolute Gasteiger partial charge is 0.396 e. The molecule has 0 aromatic carbocycles. The van der Waals surface area contributed by atoms with Crippen LogP contribution >= 0.6 is 0 Å². The van der Waals surface area contributed by atoms with Crippen LogP contribution in [0.5, 0.6) is 0 Å². The molecule has 0 radical (unpaired) electrons. The van der Waals surface area contributed by atoms with Gasteiger partial charge in [-0.2, -0.15) is 0 Å². The summed E-state index contributed by atoms with van der Waals surface area (Å²) < 4.78 is 0. The Morgan fingerprint density at radius 3 is 2.30 bits per heavy atom. The summed E-state index contributed by atoms with van der Waals surface area (Å²) in [4.78, 5) is 2.00. The minimum absolute atomic E-state index is 0. The number of rotatable bonds is 4. The molecule has 0 unspecified atom stereocenters. The van der Waals surface area contributed by atoms with Gasteiger partial charge < -0.3 is 23.9 Å². The predicted octanol–water partition coefficient (Wildman–Crippen LogP) is 0.335. The van der Waals surface area contributed by atoms with Gasteiger partial charge in [0.1, 0.15) is 0 Å². The van der Waals surface area contributed by atoms with Crippen molar-refractivity contribution in [2.24, 2.45) is 0 Å². The first-order chi connectivity index (χ1) is 4.18. The fraction of sp³-hybridized carbons (Fsp3) is 0.714. The molecule has 64 valence electrons. The van der Waals surface area contributed by atoms with Crippen molar-refractivity contribution in [1.29, 1.82) is 0 Å². The van der Waals surface area contributed by atoms with Crippen LogP contribution in [0.3, 0.4) is 0 Å². The van der Waals surface area contributed by atoms with Crippen molar-refractivity contribution in [1.82, 2.24) is 4.90 Å². The molecule has 0 aromatic rings. The van der Waals surface area contributed by atoms with Gasteiger partial charge in [-0.1, -0.05) is 0 Å².